The van der Waals surface area contributed by atoms with Crippen LogP contribution >= 0.6 is 0 Å². The predicted molar refractivity (Wildman–Crippen MR) is 98.2 cm³/mol. The molecule has 7 atom stereocenters. The van der Waals surface area contributed by atoms with Gasteiger partial charge in [0.15, 0.2) is 0 Å². The van der Waals surface area contributed by atoms with E-state index in [1.54, 1.807) is 0 Å². The van der Waals surface area contributed by atoms with Crippen molar-refractivity contribution in [1.29, 1.82) is 0 Å². The summed E-state index contributed by atoms with van der Waals surface area (Å²) in [4.78, 5) is 12.6. The Labute approximate surface area is 144 Å². The van der Waals surface area contributed by atoms with Crippen molar-refractivity contribution in [1.82, 2.24) is 0 Å². The second kappa shape index (κ2) is 7.15. The summed E-state index contributed by atoms with van der Waals surface area (Å²) in [6.07, 6.45) is 6.44. The molecule has 3 saturated carbocycles. The van der Waals surface area contributed by atoms with Crippen LogP contribution in [0, 0.1) is 41.4 Å². The van der Waals surface area contributed by atoms with Crippen LogP contribution in [-0.2, 0) is 9.53 Å². The summed E-state index contributed by atoms with van der Waals surface area (Å²) in [6.45, 7) is 10.7. The number of carbonyl (C=O) groups excluding carboxylic acids is 1. The van der Waals surface area contributed by atoms with Crippen molar-refractivity contribution in [3.63, 3.8) is 0 Å². The van der Waals surface area contributed by atoms with E-state index in [0.717, 1.165) is 36.0 Å². The molecule has 2 bridgehead atoms. The van der Waals surface area contributed by atoms with Crippen LogP contribution in [0.25, 0.3) is 0 Å². The largest absolute Gasteiger partial charge is 0.460 e. The monoisotopic (exact) mass is 324 g/mol. The number of hydrogen-bond acceptors (Lipinski definition) is 2. The maximum atomic E-state index is 12.6. The zero-order valence-corrected chi connectivity index (χ0v) is 14.4. The van der Waals surface area contributed by atoms with Crippen LogP contribution in [0.2, 0.25) is 0 Å². The van der Waals surface area contributed by atoms with E-state index < -0.39 is 0 Å². The maximum Gasteiger partial charge on any atom is 0.309 e. The van der Waals surface area contributed by atoms with Crippen LogP contribution in [0.3, 0.4) is 0 Å². The first-order valence-corrected chi connectivity index (χ1v) is 9.04. The second-order valence-electron chi connectivity index (χ2n) is 8.95. The summed E-state index contributed by atoms with van der Waals surface area (Å²) < 4.78 is 5.71. The minimum atomic E-state index is -0.343. The van der Waals surface area contributed by atoms with Gasteiger partial charge in [0, 0.05) is 0 Å². The molecule has 0 aromatic rings. The van der Waals surface area contributed by atoms with E-state index in [4.69, 9.17) is 4.74 Å². The Morgan fingerprint density at radius 3 is 2.30 bits per heavy atom. The Morgan fingerprint density at radius 2 is 1.74 bits per heavy atom. The summed E-state index contributed by atoms with van der Waals surface area (Å²) >= 11 is 0. The number of esters is 1. The highest BCUT2D eigenvalue weighted by Crippen LogP contribution is 2.65. The van der Waals surface area contributed by atoms with Crippen LogP contribution in [0.4, 0.5) is 0 Å². The second-order valence-corrected chi connectivity index (χ2v) is 8.95. The Balaban J connectivity index is 0.00000132. The first-order chi connectivity index (χ1) is 9.81. The third kappa shape index (κ3) is 3.61. The highest BCUT2D eigenvalue weighted by molar-refractivity contribution is 5.74. The van der Waals surface area contributed by atoms with E-state index in [-0.39, 0.29) is 32.3 Å². The molecule has 0 aromatic heterocycles. The summed E-state index contributed by atoms with van der Waals surface area (Å²) in [6, 6.07) is 0. The Bertz CT molecular complexity index is 409. The van der Waals surface area contributed by atoms with Crippen LogP contribution < -0.4 is 0 Å². The first kappa shape index (κ1) is 20.5. The van der Waals surface area contributed by atoms with E-state index >= 15 is 0 Å². The predicted octanol–water partition coefficient (Wildman–Crippen LogP) is 5.94. The van der Waals surface area contributed by atoms with Gasteiger partial charge in [-0.05, 0) is 75.5 Å². The molecule has 3 aliphatic rings. The number of hydrogen-bond donors (Lipinski definition) is 0. The van der Waals surface area contributed by atoms with Crippen molar-refractivity contribution in [2.75, 3.05) is 0 Å². The van der Waals surface area contributed by atoms with Crippen molar-refractivity contribution in [3.8, 4) is 0 Å². The number of fused-ring (bicyclic) bond motifs is 5. The summed E-state index contributed by atoms with van der Waals surface area (Å²) in [7, 11) is 0. The number of carbonyl (C=O) groups is 1. The molecule has 7 unspecified atom stereocenters. The van der Waals surface area contributed by atoms with Crippen LogP contribution in [0.15, 0.2) is 0 Å². The molecule has 0 N–H and O–H groups in total. The average molecular weight is 325 g/mol. The molecule has 3 aliphatic carbocycles. The SMILES string of the molecule is C.C.CCCC1CC(C)C2C3CC(C(=O)OC(C)(C)C)C(C3)C12. The fourth-order valence-corrected chi connectivity index (χ4v) is 6.08. The molecule has 0 aliphatic heterocycles. The lowest BCUT2D eigenvalue weighted by atomic mass is 9.71. The van der Waals surface area contributed by atoms with E-state index in [2.05, 4.69) is 13.8 Å². The van der Waals surface area contributed by atoms with E-state index in [9.17, 15) is 4.79 Å². The van der Waals surface area contributed by atoms with Gasteiger partial charge in [0.1, 0.15) is 5.60 Å². The topological polar surface area (TPSA) is 26.3 Å². The molecule has 0 aromatic carbocycles. The van der Waals surface area contributed by atoms with E-state index in [1.807, 2.05) is 20.8 Å². The van der Waals surface area contributed by atoms with Gasteiger partial charge in [0.2, 0.25) is 0 Å². The smallest absolute Gasteiger partial charge is 0.309 e. The van der Waals surface area contributed by atoms with Crippen molar-refractivity contribution < 1.29 is 9.53 Å². The molecule has 136 valence electrons. The van der Waals surface area contributed by atoms with Gasteiger partial charge in [-0.15, -0.1) is 0 Å². The Morgan fingerprint density at radius 1 is 1.09 bits per heavy atom. The fraction of sp³-hybridized carbons (Fsp3) is 0.952. The van der Waals surface area contributed by atoms with E-state index in [0.29, 0.717) is 5.92 Å². The third-order valence-electron chi connectivity index (χ3n) is 6.38. The van der Waals surface area contributed by atoms with Gasteiger partial charge in [-0.3, -0.25) is 4.79 Å². The molecule has 0 spiro atoms. The standard InChI is InChI=1S/C19H32O2.2CH4/c1-6-7-12-8-11(2)16-13-9-14(17(12)16)15(10-13)18(20)21-19(3,4)5;;/h11-17H,6-10H2,1-5H3;2*1H4. The average Bonchev–Trinajstić information content (AvgIpc) is 2.99. The lowest BCUT2D eigenvalue weighted by molar-refractivity contribution is -0.163. The van der Waals surface area contributed by atoms with Crippen molar-refractivity contribution in [2.24, 2.45) is 41.4 Å². The molecule has 23 heavy (non-hydrogen) atoms. The van der Waals surface area contributed by atoms with Crippen molar-refractivity contribution >= 4 is 5.97 Å². The summed E-state index contributed by atoms with van der Waals surface area (Å²) in [5, 5.41) is 0. The lowest BCUT2D eigenvalue weighted by Crippen LogP contribution is -2.37. The van der Waals surface area contributed by atoms with Crippen molar-refractivity contribution in [3.05, 3.63) is 0 Å². The minimum Gasteiger partial charge on any atom is -0.460 e. The minimum absolute atomic E-state index is 0. The molecular weight excluding hydrogens is 284 g/mol. The number of ether oxygens (including phenoxy) is 1. The first-order valence-electron chi connectivity index (χ1n) is 9.04. The molecule has 2 heteroatoms. The van der Waals surface area contributed by atoms with Gasteiger partial charge in [0.25, 0.3) is 0 Å². The molecule has 2 nitrogen and oxygen atoms in total. The molecule has 3 fully saturated rings. The lowest BCUT2D eigenvalue weighted by Gasteiger charge is -2.35. The maximum absolute atomic E-state index is 12.6. The zero-order valence-electron chi connectivity index (χ0n) is 14.4. The van der Waals surface area contributed by atoms with Gasteiger partial charge < -0.3 is 4.74 Å². The van der Waals surface area contributed by atoms with Crippen LogP contribution in [0.5, 0.6) is 0 Å². The quantitative estimate of drug-likeness (QED) is 0.600. The molecule has 0 radical (unpaired) electrons. The zero-order chi connectivity index (χ0) is 15.4. The van der Waals surface area contributed by atoms with Gasteiger partial charge in [0.05, 0.1) is 5.92 Å². The van der Waals surface area contributed by atoms with Crippen molar-refractivity contribution in [2.45, 2.75) is 87.2 Å². The fourth-order valence-electron chi connectivity index (χ4n) is 6.08. The van der Waals surface area contributed by atoms with Gasteiger partial charge in [-0.1, -0.05) is 41.5 Å². The van der Waals surface area contributed by atoms with Crippen LogP contribution in [-0.4, -0.2) is 11.6 Å². The molecule has 3 rings (SSSR count). The molecule has 0 heterocycles. The van der Waals surface area contributed by atoms with E-state index in [1.165, 1.54) is 25.7 Å². The Hall–Kier alpha value is -0.530. The summed E-state index contributed by atoms with van der Waals surface area (Å²) in [5.41, 5.74) is -0.343. The summed E-state index contributed by atoms with van der Waals surface area (Å²) in [5.74, 6) is 5.17. The highest BCUT2D eigenvalue weighted by atomic mass is 16.6. The third-order valence-corrected chi connectivity index (χ3v) is 6.38. The van der Waals surface area contributed by atoms with Gasteiger partial charge in [-0.2, -0.15) is 0 Å². The highest BCUT2D eigenvalue weighted by Gasteiger charge is 2.60. The Kier molecular flexibility index (Phi) is 6.38. The molecular formula is C21H40O2. The molecule has 0 amide bonds. The molecule has 0 saturated heterocycles. The number of rotatable bonds is 3. The normalized spacial score (nSPS) is 41.0. The van der Waals surface area contributed by atoms with Gasteiger partial charge in [-0.25, -0.2) is 0 Å². The van der Waals surface area contributed by atoms with Gasteiger partial charge >= 0.3 is 5.97 Å². The van der Waals surface area contributed by atoms with Crippen LogP contribution in [0.1, 0.15) is 81.6 Å².